The van der Waals surface area contributed by atoms with Crippen LogP contribution in [0.15, 0.2) is 18.2 Å². The van der Waals surface area contributed by atoms with Crippen LogP contribution >= 0.6 is 0 Å². The number of hydrogen-bond acceptors (Lipinski definition) is 2. The first-order valence-electron chi connectivity index (χ1n) is 7.14. The zero-order valence-electron chi connectivity index (χ0n) is 12.1. The molecule has 0 fully saturated rings. The molecule has 0 spiro atoms. The molecule has 1 unspecified atom stereocenters. The highest BCUT2D eigenvalue weighted by Crippen LogP contribution is 2.11. The molecule has 20 heavy (non-hydrogen) atoms. The number of carbonyl (C=O) groups excluding carboxylic acids is 1. The average Bonchev–Trinajstić information content (AvgIpc) is 2.44. The molecule has 0 heterocycles. The molecule has 0 amide bonds. The summed E-state index contributed by atoms with van der Waals surface area (Å²) in [6.07, 6.45) is 5.55. The van der Waals surface area contributed by atoms with Gasteiger partial charge in [0.1, 0.15) is 6.61 Å². The van der Waals surface area contributed by atoms with E-state index in [1.165, 1.54) is 25.3 Å². The van der Waals surface area contributed by atoms with Gasteiger partial charge in [-0.2, -0.15) is 0 Å². The molecule has 112 valence electrons. The summed E-state index contributed by atoms with van der Waals surface area (Å²) >= 11 is 0. The van der Waals surface area contributed by atoms with Gasteiger partial charge in [0.15, 0.2) is 17.4 Å². The maximum absolute atomic E-state index is 13.0. The highest BCUT2D eigenvalue weighted by atomic mass is 19.2. The Morgan fingerprint density at radius 2 is 1.95 bits per heavy atom. The van der Waals surface area contributed by atoms with Crippen LogP contribution in [0.25, 0.3) is 0 Å². The van der Waals surface area contributed by atoms with E-state index in [1.54, 1.807) is 0 Å². The fourth-order valence-electron chi connectivity index (χ4n) is 1.91. The first-order chi connectivity index (χ1) is 9.54. The van der Waals surface area contributed by atoms with Crippen molar-refractivity contribution in [2.75, 3.05) is 6.61 Å². The van der Waals surface area contributed by atoms with Crippen LogP contribution in [0.2, 0.25) is 0 Å². The summed E-state index contributed by atoms with van der Waals surface area (Å²) in [6.45, 7) is 3.98. The van der Waals surface area contributed by atoms with Gasteiger partial charge < -0.3 is 4.74 Å². The predicted octanol–water partition coefficient (Wildman–Crippen LogP) is 4.52. The van der Waals surface area contributed by atoms with Crippen LogP contribution in [0, 0.1) is 11.6 Å². The highest BCUT2D eigenvalue weighted by Gasteiger charge is 2.11. The fourth-order valence-corrected chi connectivity index (χ4v) is 1.91. The third-order valence-corrected chi connectivity index (χ3v) is 3.20. The first kappa shape index (κ1) is 16.8. The summed E-state index contributed by atoms with van der Waals surface area (Å²) in [5.74, 6) is -2.29. The maximum Gasteiger partial charge on any atom is 0.188 e. The van der Waals surface area contributed by atoms with Gasteiger partial charge in [-0.05, 0) is 31.5 Å². The Bertz CT molecular complexity index is 432. The van der Waals surface area contributed by atoms with E-state index >= 15 is 0 Å². The van der Waals surface area contributed by atoms with Crippen molar-refractivity contribution < 1.29 is 18.3 Å². The van der Waals surface area contributed by atoms with E-state index in [-0.39, 0.29) is 24.1 Å². The summed E-state index contributed by atoms with van der Waals surface area (Å²) in [5, 5.41) is 0. The van der Waals surface area contributed by atoms with E-state index in [0.717, 1.165) is 25.0 Å². The van der Waals surface area contributed by atoms with E-state index in [1.807, 2.05) is 6.92 Å². The molecule has 1 rings (SSSR count). The second-order valence-corrected chi connectivity index (χ2v) is 5.02. The molecule has 2 nitrogen and oxygen atoms in total. The summed E-state index contributed by atoms with van der Waals surface area (Å²) in [4.78, 5) is 11.8. The number of rotatable bonds is 9. The first-order valence-corrected chi connectivity index (χ1v) is 7.14. The second-order valence-electron chi connectivity index (χ2n) is 5.02. The zero-order chi connectivity index (χ0) is 15.0. The van der Waals surface area contributed by atoms with Gasteiger partial charge in [0.05, 0.1) is 6.10 Å². The van der Waals surface area contributed by atoms with Crippen LogP contribution < -0.4 is 0 Å². The van der Waals surface area contributed by atoms with E-state index in [0.29, 0.717) is 0 Å². The Morgan fingerprint density at radius 1 is 1.20 bits per heavy atom. The van der Waals surface area contributed by atoms with Crippen LogP contribution in [0.1, 0.15) is 56.3 Å². The molecule has 0 N–H and O–H groups in total. The van der Waals surface area contributed by atoms with E-state index in [2.05, 4.69) is 6.92 Å². The van der Waals surface area contributed by atoms with Crippen LogP contribution in [-0.4, -0.2) is 18.5 Å². The molecule has 0 saturated heterocycles. The Kier molecular flexibility index (Phi) is 7.37. The van der Waals surface area contributed by atoms with Gasteiger partial charge >= 0.3 is 0 Å². The fraction of sp³-hybridized carbons (Fsp3) is 0.562. The largest absolute Gasteiger partial charge is 0.370 e. The van der Waals surface area contributed by atoms with Crippen LogP contribution in [0.3, 0.4) is 0 Å². The van der Waals surface area contributed by atoms with Gasteiger partial charge in [-0.25, -0.2) is 8.78 Å². The summed E-state index contributed by atoms with van der Waals surface area (Å²) in [7, 11) is 0. The third kappa shape index (κ3) is 5.78. The van der Waals surface area contributed by atoms with E-state index < -0.39 is 11.6 Å². The molecule has 0 aliphatic rings. The number of halogens is 2. The molecule has 0 saturated carbocycles. The number of ketones is 1. The standard InChI is InChI=1S/C16H22F2O2/c1-3-4-5-6-7-12(2)20-11-16(19)13-8-9-14(17)15(18)10-13/h8-10,12H,3-7,11H2,1-2H3. The van der Waals surface area contributed by atoms with Crippen LogP contribution in [-0.2, 0) is 4.74 Å². The normalized spacial score (nSPS) is 12.4. The number of carbonyl (C=O) groups is 1. The second kappa shape index (κ2) is 8.80. The molecule has 1 aromatic carbocycles. The van der Waals surface area contributed by atoms with Gasteiger partial charge in [0.25, 0.3) is 0 Å². The van der Waals surface area contributed by atoms with Crippen molar-refractivity contribution >= 4 is 5.78 Å². The number of benzene rings is 1. The number of hydrogen-bond donors (Lipinski definition) is 0. The van der Waals surface area contributed by atoms with Crippen molar-refractivity contribution in [3.05, 3.63) is 35.4 Å². The minimum atomic E-state index is -1.01. The van der Waals surface area contributed by atoms with Crippen LogP contribution in [0.5, 0.6) is 0 Å². The molecule has 0 radical (unpaired) electrons. The van der Waals surface area contributed by atoms with Crippen molar-refractivity contribution in [2.45, 2.75) is 52.1 Å². The average molecular weight is 284 g/mol. The quantitative estimate of drug-likeness (QED) is 0.492. The molecule has 4 heteroatoms. The van der Waals surface area contributed by atoms with E-state index in [9.17, 15) is 13.6 Å². The van der Waals surface area contributed by atoms with Crippen LogP contribution in [0.4, 0.5) is 8.78 Å². The van der Waals surface area contributed by atoms with Crippen molar-refractivity contribution in [3.63, 3.8) is 0 Å². The Morgan fingerprint density at radius 3 is 2.60 bits per heavy atom. The van der Waals surface area contributed by atoms with Gasteiger partial charge in [-0.1, -0.05) is 32.6 Å². The van der Waals surface area contributed by atoms with Crippen molar-refractivity contribution in [2.24, 2.45) is 0 Å². The SMILES string of the molecule is CCCCCCC(C)OCC(=O)c1ccc(F)c(F)c1. The van der Waals surface area contributed by atoms with E-state index in [4.69, 9.17) is 4.74 Å². The molecule has 0 aliphatic heterocycles. The van der Waals surface area contributed by atoms with Crippen molar-refractivity contribution in [1.29, 1.82) is 0 Å². The maximum atomic E-state index is 13.0. The summed E-state index contributed by atoms with van der Waals surface area (Å²) < 4.78 is 31.2. The molecule has 1 aromatic rings. The lowest BCUT2D eigenvalue weighted by atomic mass is 10.1. The smallest absolute Gasteiger partial charge is 0.188 e. The number of ether oxygens (including phenoxy) is 1. The monoisotopic (exact) mass is 284 g/mol. The lowest BCUT2D eigenvalue weighted by Gasteiger charge is -2.12. The molecule has 1 atom stereocenters. The Hall–Kier alpha value is -1.29. The Labute approximate surface area is 119 Å². The third-order valence-electron chi connectivity index (χ3n) is 3.20. The topological polar surface area (TPSA) is 26.3 Å². The lowest BCUT2D eigenvalue weighted by Crippen LogP contribution is -2.16. The molecule has 0 aliphatic carbocycles. The predicted molar refractivity (Wildman–Crippen MR) is 74.9 cm³/mol. The summed E-state index contributed by atoms with van der Waals surface area (Å²) in [5.41, 5.74) is 0.141. The van der Waals surface area contributed by atoms with Gasteiger partial charge in [0, 0.05) is 5.56 Å². The minimum Gasteiger partial charge on any atom is -0.370 e. The van der Waals surface area contributed by atoms with Crippen molar-refractivity contribution in [3.8, 4) is 0 Å². The molecule has 0 aromatic heterocycles. The zero-order valence-corrected chi connectivity index (χ0v) is 12.1. The highest BCUT2D eigenvalue weighted by molar-refractivity contribution is 5.97. The number of Topliss-reactive ketones (excluding diaryl/α,β-unsaturated/α-hetero) is 1. The molecule has 0 bridgehead atoms. The summed E-state index contributed by atoms with van der Waals surface area (Å²) in [6, 6.07) is 3.14. The minimum absolute atomic E-state index is 0.00102. The van der Waals surface area contributed by atoms with Gasteiger partial charge in [-0.3, -0.25) is 4.79 Å². The molecular weight excluding hydrogens is 262 g/mol. The Balaban J connectivity index is 2.33. The van der Waals surface area contributed by atoms with Crippen molar-refractivity contribution in [1.82, 2.24) is 0 Å². The van der Waals surface area contributed by atoms with Gasteiger partial charge in [-0.15, -0.1) is 0 Å². The lowest BCUT2D eigenvalue weighted by molar-refractivity contribution is 0.0483. The number of unbranched alkanes of at least 4 members (excludes halogenated alkanes) is 3. The van der Waals surface area contributed by atoms with Gasteiger partial charge in [0.2, 0.25) is 0 Å². The molecular formula is C16H22F2O2.